The fraction of sp³-hybridized carbons (Fsp3) is 0.350. The monoisotopic (exact) mass is 431 g/mol. The maximum atomic E-state index is 13.6. The summed E-state index contributed by atoms with van der Waals surface area (Å²) >= 11 is 4.74. The summed E-state index contributed by atoms with van der Waals surface area (Å²) in [6.45, 7) is 2.01. The van der Waals surface area contributed by atoms with E-state index < -0.39 is 0 Å². The summed E-state index contributed by atoms with van der Waals surface area (Å²) in [6.07, 6.45) is 2.01. The fourth-order valence-electron chi connectivity index (χ4n) is 3.17. The molecule has 1 aromatic carbocycles. The molecule has 146 valence electrons. The van der Waals surface area contributed by atoms with Crippen molar-refractivity contribution < 1.29 is 4.79 Å². The number of aryl methyl sites for hydroxylation is 2. The highest BCUT2D eigenvalue weighted by atomic mass is 32.2. The number of carbonyl (C=O) groups excluding carboxylic acids is 1. The van der Waals surface area contributed by atoms with Gasteiger partial charge in [0.05, 0.1) is 21.0 Å². The van der Waals surface area contributed by atoms with Gasteiger partial charge in [-0.1, -0.05) is 23.9 Å². The number of benzene rings is 1. The lowest BCUT2D eigenvalue weighted by Gasteiger charge is -2.15. The Morgan fingerprint density at radius 2 is 2.18 bits per heavy atom. The van der Waals surface area contributed by atoms with E-state index in [4.69, 9.17) is 4.98 Å². The van der Waals surface area contributed by atoms with Crippen LogP contribution in [0.25, 0.3) is 15.9 Å². The predicted octanol–water partition coefficient (Wildman–Crippen LogP) is 3.97. The lowest BCUT2D eigenvalue weighted by Crippen LogP contribution is -2.25. The van der Waals surface area contributed by atoms with Gasteiger partial charge in [0.2, 0.25) is 5.91 Å². The molecule has 0 spiro atoms. The summed E-state index contributed by atoms with van der Waals surface area (Å²) in [5, 5.41) is 1.32. The topological polar surface area (TPSA) is 55.2 Å². The number of aromatic nitrogens is 2. The summed E-state index contributed by atoms with van der Waals surface area (Å²) in [4.78, 5) is 32.9. The van der Waals surface area contributed by atoms with E-state index >= 15 is 0 Å². The van der Waals surface area contributed by atoms with Crippen LogP contribution in [0.4, 0.5) is 0 Å². The average molecular weight is 432 g/mol. The Bertz CT molecular complexity index is 1120. The van der Waals surface area contributed by atoms with Crippen LogP contribution in [0.3, 0.4) is 0 Å². The van der Waals surface area contributed by atoms with E-state index in [1.807, 2.05) is 43.0 Å². The third-order valence-corrected chi connectivity index (χ3v) is 8.09. The number of nitrogens with zero attached hydrogens (tertiary/aromatic N) is 3. The highest BCUT2D eigenvalue weighted by molar-refractivity contribution is 8.01. The van der Waals surface area contributed by atoms with Crippen molar-refractivity contribution >= 4 is 51.0 Å². The molecule has 0 fully saturated rings. The van der Waals surface area contributed by atoms with Gasteiger partial charge >= 0.3 is 0 Å². The van der Waals surface area contributed by atoms with Crippen LogP contribution in [0.1, 0.15) is 17.5 Å². The zero-order valence-electron chi connectivity index (χ0n) is 16.0. The van der Waals surface area contributed by atoms with Crippen molar-refractivity contribution in [2.75, 3.05) is 25.6 Å². The van der Waals surface area contributed by atoms with E-state index in [9.17, 15) is 9.59 Å². The van der Waals surface area contributed by atoms with Crippen LogP contribution in [0, 0.1) is 6.92 Å². The summed E-state index contributed by atoms with van der Waals surface area (Å²) in [5.41, 5.74) is 2.99. The van der Waals surface area contributed by atoms with Gasteiger partial charge in [0.1, 0.15) is 4.83 Å². The largest absolute Gasteiger partial charge is 0.348 e. The minimum Gasteiger partial charge on any atom is -0.348 e. The van der Waals surface area contributed by atoms with Crippen LogP contribution >= 0.6 is 34.9 Å². The summed E-state index contributed by atoms with van der Waals surface area (Å²) in [7, 11) is 3.47. The maximum absolute atomic E-state index is 13.6. The first-order valence-corrected chi connectivity index (χ1v) is 11.9. The van der Waals surface area contributed by atoms with Crippen molar-refractivity contribution in [3.8, 4) is 5.69 Å². The molecule has 0 atom stereocenters. The first kappa shape index (κ1) is 19.5. The van der Waals surface area contributed by atoms with Gasteiger partial charge in [-0.15, -0.1) is 23.1 Å². The third-order valence-electron chi connectivity index (χ3n) is 4.64. The molecule has 28 heavy (non-hydrogen) atoms. The molecule has 0 aliphatic carbocycles. The molecule has 1 aliphatic rings. The van der Waals surface area contributed by atoms with Gasteiger partial charge in [-0.05, 0) is 48.8 Å². The van der Waals surface area contributed by atoms with Gasteiger partial charge in [-0.2, -0.15) is 0 Å². The zero-order chi connectivity index (χ0) is 19.8. The van der Waals surface area contributed by atoms with Gasteiger partial charge in [0.15, 0.2) is 5.16 Å². The van der Waals surface area contributed by atoms with Crippen LogP contribution in [-0.4, -0.2) is 46.0 Å². The molecule has 0 saturated heterocycles. The highest BCUT2D eigenvalue weighted by Crippen LogP contribution is 2.40. The minimum absolute atomic E-state index is 0.00355. The number of amides is 1. The highest BCUT2D eigenvalue weighted by Gasteiger charge is 2.23. The summed E-state index contributed by atoms with van der Waals surface area (Å²) < 4.78 is 2.89. The fourth-order valence-corrected chi connectivity index (χ4v) is 6.74. The quantitative estimate of drug-likeness (QED) is 0.462. The normalized spacial score (nSPS) is 13.5. The van der Waals surface area contributed by atoms with E-state index in [0.29, 0.717) is 5.16 Å². The lowest BCUT2D eigenvalue weighted by atomic mass is 10.1. The Morgan fingerprint density at radius 3 is 2.93 bits per heavy atom. The molecule has 4 rings (SSSR count). The van der Waals surface area contributed by atoms with E-state index in [1.54, 1.807) is 34.9 Å². The van der Waals surface area contributed by atoms with E-state index in [2.05, 4.69) is 0 Å². The molecule has 0 saturated carbocycles. The number of carbonyl (C=O) groups is 1. The molecule has 0 unspecified atom stereocenters. The zero-order valence-corrected chi connectivity index (χ0v) is 18.5. The molecule has 8 heteroatoms. The molecular weight excluding hydrogens is 410 g/mol. The molecule has 0 radical (unpaired) electrons. The second-order valence-corrected chi connectivity index (χ2v) is 10.3. The Hall–Kier alpha value is -1.77. The molecule has 0 N–H and O–H groups in total. The van der Waals surface area contributed by atoms with Crippen molar-refractivity contribution in [3.63, 3.8) is 0 Å². The van der Waals surface area contributed by atoms with Gasteiger partial charge in [-0.3, -0.25) is 14.2 Å². The van der Waals surface area contributed by atoms with E-state index in [1.165, 1.54) is 16.0 Å². The summed E-state index contributed by atoms with van der Waals surface area (Å²) in [6, 6.07) is 7.86. The smallest absolute Gasteiger partial charge is 0.267 e. The Kier molecular flexibility index (Phi) is 5.53. The molecule has 1 aliphatic heterocycles. The molecule has 3 heterocycles. The van der Waals surface area contributed by atoms with Crippen LogP contribution in [0.5, 0.6) is 0 Å². The number of hydrogen-bond acceptors (Lipinski definition) is 6. The van der Waals surface area contributed by atoms with E-state index in [0.717, 1.165) is 45.6 Å². The number of rotatable bonds is 4. The summed E-state index contributed by atoms with van der Waals surface area (Å²) in [5.74, 6) is 1.33. The number of thiophene rings is 1. The van der Waals surface area contributed by atoms with E-state index in [-0.39, 0.29) is 17.2 Å². The van der Waals surface area contributed by atoms with Crippen molar-refractivity contribution in [1.82, 2.24) is 14.5 Å². The standard InChI is InChI=1S/C20H21N3O2S3/c1-12-6-4-7-13(10-12)23-18(25)16-14-8-5-9-26-19(14)28-17(16)21-20(23)27-11-15(24)22(2)3/h4,6-7,10H,5,8-9,11H2,1-3H3. The molecule has 0 bridgehead atoms. The third kappa shape index (κ3) is 3.60. The number of fused-ring (bicyclic) bond motifs is 3. The van der Waals surface area contributed by atoms with Gasteiger partial charge < -0.3 is 4.90 Å². The Balaban J connectivity index is 1.91. The minimum atomic E-state index is -0.0320. The molecular formula is C20H21N3O2S3. The Morgan fingerprint density at radius 1 is 1.36 bits per heavy atom. The van der Waals surface area contributed by atoms with Crippen molar-refractivity contribution in [3.05, 3.63) is 45.7 Å². The second-order valence-electron chi connectivity index (χ2n) is 6.95. The second kappa shape index (κ2) is 7.93. The molecule has 2 aromatic heterocycles. The van der Waals surface area contributed by atoms with Crippen molar-refractivity contribution in [2.24, 2.45) is 0 Å². The first-order valence-electron chi connectivity index (χ1n) is 9.07. The van der Waals surface area contributed by atoms with Gasteiger partial charge in [-0.25, -0.2) is 4.98 Å². The SMILES string of the molecule is Cc1cccc(-n2c(SCC(=O)N(C)C)nc3sc4c(c3c2=O)CCCS4)c1. The van der Waals surface area contributed by atoms with Gasteiger partial charge in [0.25, 0.3) is 5.56 Å². The number of thioether (sulfide) groups is 2. The Labute approximate surface area is 176 Å². The molecule has 5 nitrogen and oxygen atoms in total. The van der Waals surface area contributed by atoms with Crippen LogP contribution in [0.15, 0.2) is 38.4 Å². The average Bonchev–Trinajstić information content (AvgIpc) is 3.04. The van der Waals surface area contributed by atoms with Crippen LogP contribution in [0.2, 0.25) is 0 Å². The maximum Gasteiger partial charge on any atom is 0.267 e. The molecule has 1 amide bonds. The lowest BCUT2D eigenvalue weighted by molar-refractivity contribution is -0.125. The van der Waals surface area contributed by atoms with Crippen molar-refractivity contribution in [1.29, 1.82) is 0 Å². The molecule has 3 aromatic rings. The van der Waals surface area contributed by atoms with Crippen molar-refractivity contribution in [2.45, 2.75) is 29.1 Å². The first-order chi connectivity index (χ1) is 13.5. The number of hydrogen-bond donors (Lipinski definition) is 0. The van der Waals surface area contributed by atoms with Crippen LogP contribution in [-0.2, 0) is 11.2 Å². The van der Waals surface area contributed by atoms with Gasteiger partial charge in [0, 0.05) is 14.1 Å². The predicted molar refractivity (Wildman–Crippen MR) is 118 cm³/mol. The van der Waals surface area contributed by atoms with Crippen LogP contribution < -0.4 is 5.56 Å².